The topological polar surface area (TPSA) is 37.3 Å². The Labute approximate surface area is 70.8 Å². The van der Waals surface area contributed by atoms with Crippen LogP contribution in [0, 0.1) is 19.3 Å². The minimum Gasteiger partial charge on any atom is -0.478 e. The number of aryl methyl sites for hydroxylation is 1. The average molecular weight is 160 g/mol. The second-order valence-corrected chi connectivity index (χ2v) is 2.54. The molecule has 2 heteroatoms. The molecule has 1 aromatic carbocycles. The summed E-state index contributed by atoms with van der Waals surface area (Å²) in [6.45, 7) is 1.81. The molecular weight excluding hydrogens is 152 g/mol. The Hall–Kier alpha value is -1.75. The number of carbonyl (C=O) groups is 1. The predicted octanol–water partition coefficient (Wildman–Crippen LogP) is 1.67. The first-order valence-corrected chi connectivity index (χ1v) is 3.45. The van der Waals surface area contributed by atoms with E-state index in [1.54, 1.807) is 12.1 Å². The highest BCUT2D eigenvalue weighted by Gasteiger charge is 2.03. The van der Waals surface area contributed by atoms with Gasteiger partial charge < -0.3 is 5.11 Å². The minimum absolute atomic E-state index is 0.239. The summed E-state index contributed by atoms with van der Waals surface area (Å²) in [6.07, 6.45) is 5.14. The van der Waals surface area contributed by atoms with Crippen LogP contribution in [-0.4, -0.2) is 11.1 Å². The fourth-order valence-corrected chi connectivity index (χ4v) is 0.990. The monoisotopic (exact) mass is 160 g/mol. The first kappa shape index (κ1) is 8.35. The Morgan fingerprint density at radius 2 is 2.17 bits per heavy atom. The molecule has 1 N–H and O–H groups in total. The number of carboxylic acid groups (broad SMARTS) is 1. The lowest BCUT2D eigenvalue weighted by molar-refractivity contribution is 0.0696. The third-order valence-corrected chi connectivity index (χ3v) is 1.49. The van der Waals surface area contributed by atoms with Crippen LogP contribution < -0.4 is 0 Å². The predicted molar refractivity (Wildman–Crippen MR) is 46.1 cm³/mol. The zero-order valence-corrected chi connectivity index (χ0v) is 6.66. The summed E-state index contributed by atoms with van der Waals surface area (Å²) in [5, 5.41) is 8.66. The maximum atomic E-state index is 10.6. The van der Waals surface area contributed by atoms with Gasteiger partial charge in [0.1, 0.15) is 0 Å². The lowest BCUT2D eigenvalue weighted by Crippen LogP contribution is -1.97. The quantitative estimate of drug-likeness (QED) is 0.634. The Morgan fingerprint density at radius 3 is 2.67 bits per heavy atom. The van der Waals surface area contributed by atoms with Gasteiger partial charge in [0.05, 0.1) is 5.56 Å². The first-order valence-electron chi connectivity index (χ1n) is 3.45. The molecule has 2 nitrogen and oxygen atoms in total. The van der Waals surface area contributed by atoms with Crippen molar-refractivity contribution in [2.24, 2.45) is 0 Å². The Bertz CT molecular complexity index is 359. The third-order valence-electron chi connectivity index (χ3n) is 1.49. The summed E-state index contributed by atoms with van der Waals surface area (Å²) >= 11 is 0. The molecule has 1 rings (SSSR count). The molecule has 0 amide bonds. The number of benzene rings is 1. The maximum absolute atomic E-state index is 10.6. The van der Waals surface area contributed by atoms with E-state index in [1.165, 1.54) is 6.07 Å². The molecule has 0 spiro atoms. The molecule has 0 heterocycles. The molecule has 0 saturated heterocycles. The lowest BCUT2D eigenvalue weighted by atomic mass is 10.1. The van der Waals surface area contributed by atoms with E-state index in [1.807, 2.05) is 6.92 Å². The summed E-state index contributed by atoms with van der Waals surface area (Å²) in [7, 11) is 0. The third kappa shape index (κ3) is 1.64. The van der Waals surface area contributed by atoms with Gasteiger partial charge in [-0.1, -0.05) is 5.92 Å². The molecule has 0 aromatic heterocycles. The number of hydrogen-bond acceptors (Lipinski definition) is 1. The number of terminal acetylenes is 1. The second kappa shape index (κ2) is 3.10. The van der Waals surface area contributed by atoms with Crippen LogP contribution in [0.4, 0.5) is 0 Å². The minimum atomic E-state index is -0.949. The smallest absolute Gasteiger partial charge is 0.335 e. The van der Waals surface area contributed by atoms with Crippen LogP contribution in [0.15, 0.2) is 18.2 Å². The van der Waals surface area contributed by atoms with Gasteiger partial charge in [-0.3, -0.25) is 0 Å². The van der Waals surface area contributed by atoms with Gasteiger partial charge in [-0.15, -0.1) is 6.42 Å². The van der Waals surface area contributed by atoms with Crippen LogP contribution in [0.1, 0.15) is 21.5 Å². The molecule has 0 fully saturated rings. The van der Waals surface area contributed by atoms with E-state index in [-0.39, 0.29) is 5.56 Å². The zero-order valence-electron chi connectivity index (χ0n) is 6.66. The van der Waals surface area contributed by atoms with Gasteiger partial charge >= 0.3 is 5.97 Å². The van der Waals surface area contributed by atoms with Crippen molar-refractivity contribution < 1.29 is 9.90 Å². The van der Waals surface area contributed by atoms with Crippen LogP contribution in [0.2, 0.25) is 0 Å². The lowest BCUT2D eigenvalue weighted by Gasteiger charge is -1.98. The van der Waals surface area contributed by atoms with E-state index in [4.69, 9.17) is 11.5 Å². The molecule has 0 aliphatic carbocycles. The molecule has 0 aliphatic rings. The van der Waals surface area contributed by atoms with Crippen molar-refractivity contribution in [2.75, 3.05) is 0 Å². The van der Waals surface area contributed by atoms with Crippen molar-refractivity contribution in [1.29, 1.82) is 0 Å². The van der Waals surface area contributed by atoms with Gasteiger partial charge in [0, 0.05) is 5.56 Å². The molecule has 0 saturated carbocycles. The molecule has 12 heavy (non-hydrogen) atoms. The van der Waals surface area contributed by atoms with E-state index in [2.05, 4.69) is 5.92 Å². The molecule has 60 valence electrons. The molecule has 0 unspecified atom stereocenters. The molecule has 1 aromatic rings. The SMILES string of the molecule is C#Cc1cc(C)cc(C(=O)O)c1. The normalized spacial score (nSPS) is 9.00. The van der Waals surface area contributed by atoms with Gasteiger partial charge in [0.15, 0.2) is 0 Å². The van der Waals surface area contributed by atoms with Crippen molar-refractivity contribution in [3.05, 3.63) is 34.9 Å². The van der Waals surface area contributed by atoms with Crippen molar-refractivity contribution in [1.82, 2.24) is 0 Å². The number of aromatic carboxylic acids is 1. The van der Waals surface area contributed by atoms with Crippen molar-refractivity contribution in [3.8, 4) is 12.3 Å². The van der Waals surface area contributed by atoms with Crippen LogP contribution >= 0.6 is 0 Å². The van der Waals surface area contributed by atoms with E-state index < -0.39 is 5.97 Å². The van der Waals surface area contributed by atoms with Crippen molar-refractivity contribution >= 4 is 5.97 Å². The highest BCUT2D eigenvalue weighted by molar-refractivity contribution is 5.88. The number of hydrogen-bond donors (Lipinski definition) is 1. The van der Waals surface area contributed by atoms with Gasteiger partial charge in [0.25, 0.3) is 0 Å². The Kier molecular flexibility index (Phi) is 2.16. The van der Waals surface area contributed by atoms with Crippen LogP contribution in [0.25, 0.3) is 0 Å². The highest BCUT2D eigenvalue weighted by Crippen LogP contribution is 2.08. The summed E-state index contributed by atoms with van der Waals surface area (Å²) in [4.78, 5) is 10.6. The Balaban J connectivity index is 3.26. The largest absolute Gasteiger partial charge is 0.478 e. The van der Waals surface area contributed by atoms with Gasteiger partial charge in [-0.25, -0.2) is 4.79 Å². The number of carboxylic acids is 1. The van der Waals surface area contributed by atoms with Crippen LogP contribution in [0.3, 0.4) is 0 Å². The summed E-state index contributed by atoms with van der Waals surface area (Å²) < 4.78 is 0. The molecular formula is C10H8O2. The summed E-state index contributed by atoms with van der Waals surface area (Å²) in [5.41, 5.74) is 1.71. The van der Waals surface area contributed by atoms with Gasteiger partial charge in [0.2, 0.25) is 0 Å². The standard InChI is InChI=1S/C10H8O2/c1-3-8-4-7(2)5-9(6-8)10(11)12/h1,4-6H,2H3,(H,11,12). The zero-order chi connectivity index (χ0) is 9.14. The summed E-state index contributed by atoms with van der Waals surface area (Å²) in [6, 6.07) is 4.84. The Morgan fingerprint density at radius 1 is 1.50 bits per heavy atom. The average Bonchev–Trinajstić information content (AvgIpc) is 2.03. The fourth-order valence-electron chi connectivity index (χ4n) is 0.990. The molecule has 0 bridgehead atoms. The van der Waals surface area contributed by atoms with Crippen LogP contribution in [0.5, 0.6) is 0 Å². The second-order valence-electron chi connectivity index (χ2n) is 2.54. The molecule has 0 aliphatic heterocycles. The molecule has 0 radical (unpaired) electrons. The summed E-state index contributed by atoms with van der Waals surface area (Å²) in [5.74, 6) is 1.45. The molecule has 0 atom stereocenters. The van der Waals surface area contributed by atoms with Gasteiger partial charge in [-0.2, -0.15) is 0 Å². The van der Waals surface area contributed by atoms with Crippen molar-refractivity contribution in [2.45, 2.75) is 6.92 Å². The van der Waals surface area contributed by atoms with E-state index >= 15 is 0 Å². The fraction of sp³-hybridized carbons (Fsp3) is 0.100. The van der Waals surface area contributed by atoms with Gasteiger partial charge in [-0.05, 0) is 30.7 Å². The maximum Gasteiger partial charge on any atom is 0.335 e. The first-order chi connectivity index (χ1) is 5.63. The number of rotatable bonds is 1. The van der Waals surface area contributed by atoms with E-state index in [0.29, 0.717) is 5.56 Å². The van der Waals surface area contributed by atoms with E-state index in [9.17, 15) is 4.79 Å². The highest BCUT2D eigenvalue weighted by atomic mass is 16.4. The van der Waals surface area contributed by atoms with E-state index in [0.717, 1.165) is 5.56 Å². The van der Waals surface area contributed by atoms with Crippen LogP contribution in [-0.2, 0) is 0 Å². The van der Waals surface area contributed by atoms with Crippen molar-refractivity contribution in [3.63, 3.8) is 0 Å².